The number of nitrogens with one attached hydrogen (secondary N) is 3. The number of benzene rings is 2. The van der Waals surface area contributed by atoms with Crippen molar-refractivity contribution in [2.45, 2.75) is 32.6 Å². The summed E-state index contributed by atoms with van der Waals surface area (Å²) < 4.78 is 0. The van der Waals surface area contributed by atoms with Crippen LogP contribution in [0.25, 0.3) is 10.8 Å². The standard InChI is InChI=1S/C24H34N4O2.3ClH/c1-2-25-15-7-16-26-13-3-4-14-27-17-8-18-28-23(29)20-11-5-9-19-10-6-12-21(22(19)20)24(28)30;;;/h5-6,9-12,25-27H,2-4,7-8,13-18H2,1H3;3*1H. The topological polar surface area (TPSA) is 73.5 Å². The molecule has 2 aromatic rings. The molecule has 0 saturated heterocycles. The number of unbranched alkanes of at least 4 members (excludes halogenated alkanes) is 1. The Kier molecular flexibility index (Phi) is 16.4. The molecule has 0 saturated carbocycles. The lowest BCUT2D eigenvalue weighted by Crippen LogP contribution is -2.41. The maximum Gasteiger partial charge on any atom is 0.261 e. The number of hydrogen-bond donors (Lipinski definition) is 3. The second-order valence-corrected chi connectivity index (χ2v) is 7.74. The van der Waals surface area contributed by atoms with E-state index in [1.165, 1.54) is 11.3 Å². The van der Waals surface area contributed by atoms with Crippen LogP contribution in [0.3, 0.4) is 0 Å². The minimum atomic E-state index is -0.176. The van der Waals surface area contributed by atoms with Crippen molar-refractivity contribution in [1.29, 1.82) is 0 Å². The van der Waals surface area contributed by atoms with Crippen LogP contribution in [0.5, 0.6) is 0 Å². The molecule has 0 atom stereocenters. The summed E-state index contributed by atoms with van der Waals surface area (Å²) >= 11 is 0. The van der Waals surface area contributed by atoms with E-state index in [0.29, 0.717) is 17.7 Å². The zero-order valence-corrected chi connectivity index (χ0v) is 21.7. The van der Waals surface area contributed by atoms with E-state index in [1.807, 2.05) is 36.4 Å². The first-order valence-electron chi connectivity index (χ1n) is 11.2. The molecule has 0 radical (unpaired) electrons. The molecule has 1 aliphatic rings. The Morgan fingerprint density at radius 1 is 0.667 bits per heavy atom. The molecule has 9 heteroatoms. The van der Waals surface area contributed by atoms with E-state index in [-0.39, 0.29) is 49.0 Å². The Morgan fingerprint density at radius 3 is 1.70 bits per heavy atom. The molecule has 0 fully saturated rings. The fraction of sp³-hybridized carbons (Fsp3) is 0.500. The normalized spacial score (nSPS) is 12.2. The minimum Gasteiger partial charge on any atom is -0.317 e. The van der Waals surface area contributed by atoms with Gasteiger partial charge in [0.1, 0.15) is 0 Å². The second kappa shape index (κ2) is 17.1. The van der Waals surface area contributed by atoms with Gasteiger partial charge in [-0.05, 0) is 82.5 Å². The monoisotopic (exact) mass is 518 g/mol. The lowest BCUT2D eigenvalue weighted by atomic mass is 9.94. The lowest BCUT2D eigenvalue weighted by molar-refractivity contribution is 0.0609. The van der Waals surface area contributed by atoms with E-state index < -0.39 is 0 Å². The minimum absolute atomic E-state index is 0. The number of hydrogen-bond acceptors (Lipinski definition) is 5. The van der Waals surface area contributed by atoms with Crippen LogP contribution in [0.15, 0.2) is 36.4 Å². The molecule has 2 aromatic carbocycles. The summed E-state index contributed by atoms with van der Waals surface area (Å²) in [6.07, 6.45) is 4.20. The van der Waals surface area contributed by atoms with Crippen molar-refractivity contribution in [3.63, 3.8) is 0 Å². The average Bonchev–Trinajstić information content (AvgIpc) is 2.77. The molecule has 0 unspecified atom stereocenters. The van der Waals surface area contributed by atoms with Crippen LogP contribution in [0.4, 0.5) is 0 Å². The van der Waals surface area contributed by atoms with Crippen LogP contribution >= 0.6 is 37.2 Å². The van der Waals surface area contributed by atoms with Gasteiger partial charge in [-0.15, -0.1) is 37.2 Å². The van der Waals surface area contributed by atoms with Crippen LogP contribution in [0.2, 0.25) is 0 Å². The fourth-order valence-corrected chi connectivity index (χ4v) is 3.91. The maximum atomic E-state index is 12.8. The van der Waals surface area contributed by atoms with E-state index >= 15 is 0 Å². The zero-order chi connectivity index (χ0) is 21.2. The predicted molar refractivity (Wildman–Crippen MR) is 144 cm³/mol. The van der Waals surface area contributed by atoms with E-state index in [9.17, 15) is 9.59 Å². The summed E-state index contributed by atoms with van der Waals surface area (Å²) in [5, 5.41) is 11.9. The van der Waals surface area contributed by atoms with Gasteiger partial charge in [0, 0.05) is 23.1 Å². The van der Waals surface area contributed by atoms with Crippen LogP contribution in [0.1, 0.15) is 53.3 Å². The Bertz CT molecular complexity index is 816. The Morgan fingerprint density at radius 2 is 1.15 bits per heavy atom. The summed E-state index contributed by atoms with van der Waals surface area (Å²) in [6.45, 7) is 8.57. The smallest absolute Gasteiger partial charge is 0.261 e. The molecule has 6 nitrogen and oxygen atoms in total. The van der Waals surface area contributed by atoms with Crippen LogP contribution < -0.4 is 16.0 Å². The predicted octanol–water partition coefficient (Wildman–Crippen LogP) is 4.05. The first-order valence-corrected chi connectivity index (χ1v) is 11.2. The van der Waals surface area contributed by atoms with Crippen molar-refractivity contribution in [2.75, 3.05) is 45.8 Å². The molecule has 1 aliphatic heterocycles. The van der Waals surface area contributed by atoms with E-state index in [4.69, 9.17) is 0 Å². The quantitative estimate of drug-likeness (QED) is 0.259. The molecule has 33 heavy (non-hydrogen) atoms. The number of imide groups is 1. The summed E-state index contributed by atoms with van der Waals surface area (Å²) in [5.74, 6) is -0.353. The van der Waals surface area contributed by atoms with E-state index in [1.54, 1.807) is 0 Å². The average molecular weight is 520 g/mol. The molecular formula is C24H37Cl3N4O2. The van der Waals surface area contributed by atoms with Gasteiger partial charge in [0.2, 0.25) is 0 Å². The largest absolute Gasteiger partial charge is 0.317 e. The number of amides is 2. The first-order chi connectivity index (χ1) is 14.7. The molecule has 3 rings (SSSR count). The van der Waals surface area contributed by atoms with Gasteiger partial charge in [0.05, 0.1) is 0 Å². The van der Waals surface area contributed by atoms with Crippen molar-refractivity contribution in [1.82, 2.24) is 20.9 Å². The molecule has 3 N–H and O–H groups in total. The van der Waals surface area contributed by atoms with Crippen molar-refractivity contribution in [3.05, 3.63) is 47.5 Å². The molecule has 1 heterocycles. The first kappa shape index (κ1) is 31.6. The second-order valence-electron chi connectivity index (χ2n) is 7.74. The Hall–Kier alpha value is -1.41. The van der Waals surface area contributed by atoms with Gasteiger partial charge in [0.15, 0.2) is 0 Å². The van der Waals surface area contributed by atoms with Crippen LogP contribution in [-0.2, 0) is 0 Å². The highest BCUT2D eigenvalue weighted by molar-refractivity contribution is 6.25. The number of nitrogens with zero attached hydrogens (tertiary/aromatic N) is 1. The van der Waals surface area contributed by atoms with Crippen LogP contribution in [0, 0.1) is 0 Å². The summed E-state index contributed by atoms with van der Waals surface area (Å²) in [5.41, 5.74) is 1.27. The number of rotatable bonds is 14. The van der Waals surface area contributed by atoms with Crippen molar-refractivity contribution in [3.8, 4) is 0 Å². The Labute approximate surface area is 215 Å². The van der Waals surface area contributed by atoms with Crippen molar-refractivity contribution >= 4 is 59.8 Å². The molecule has 0 bridgehead atoms. The molecule has 2 amide bonds. The van der Waals surface area contributed by atoms with Crippen molar-refractivity contribution in [2.24, 2.45) is 0 Å². The van der Waals surface area contributed by atoms with Gasteiger partial charge in [-0.3, -0.25) is 14.5 Å². The fourth-order valence-electron chi connectivity index (χ4n) is 3.91. The molecular weight excluding hydrogens is 483 g/mol. The third-order valence-corrected chi connectivity index (χ3v) is 5.51. The zero-order valence-electron chi connectivity index (χ0n) is 19.2. The summed E-state index contributed by atoms with van der Waals surface area (Å²) in [4.78, 5) is 27.1. The molecule has 186 valence electrons. The summed E-state index contributed by atoms with van der Waals surface area (Å²) in [6, 6.07) is 11.3. The van der Waals surface area contributed by atoms with E-state index in [0.717, 1.165) is 69.3 Å². The SMILES string of the molecule is CCNCCCNCCCCNCCCN1C(=O)c2cccc3cccc(c23)C1=O.Cl.Cl.Cl. The van der Waals surface area contributed by atoms with Gasteiger partial charge in [0.25, 0.3) is 11.8 Å². The van der Waals surface area contributed by atoms with Crippen molar-refractivity contribution < 1.29 is 9.59 Å². The number of carbonyl (C=O) groups excluding carboxylic acids is 2. The molecule has 0 aliphatic carbocycles. The molecule has 0 aromatic heterocycles. The van der Waals surface area contributed by atoms with Gasteiger partial charge in [-0.2, -0.15) is 0 Å². The van der Waals surface area contributed by atoms with E-state index in [2.05, 4.69) is 22.9 Å². The third kappa shape index (κ3) is 8.71. The third-order valence-electron chi connectivity index (χ3n) is 5.51. The molecule has 0 spiro atoms. The highest BCUT2D eigenvalue weighted by Gasteiger charge is 2.31. The highest BCUT2D eigenvalue weighted by atomic mass is 35.5. The van der Waals surface area contributed by atoms with Crippen LogP contribution in [-0.4, -0.2) is 62.5 Å². The van der Waals surface area contributed by atoms with Gasteiger partial charge in [-0.1, -0.05) is 31.2 Å². The maximum absolute atomic E-state index is 12.8. The highest BCUT2D eigenvalue weighted by Crippen LogP contribution is 2.29. The van der Waals surface area contributed by atoms with Gasteiger partial charge < -0.3 is 16.0 Å². The lowest BCUT2D eigenvalue weighted by Gasteiger charge is -2.27. The number of carbonyl (C=O) groups is 2. The number of halogens is 3. The van der Waals surface area contributed by atoms with Gasteiger partial charge >= 0.3 is 0 Å². The summed E-state index contributed by atoms with van der Waals surface area (Å²) in [7, 11) is 0. The Balaban J connectivity index is 0.00000341. The van der Waals surface area contributed by atoms with Gasteiger partial charge in [-0.25, -0.2) is 0 Å².